The summed E-state index contributed by atoms with van der Waals surface area (Å²) in [7, 11) is 0. The van der Waals surface area contributed by atoms with Crippen molar-refractivity contribution in [1.29, 1.82) is 0 Å². The number of carboxylic acid groups (broad SMARTS) is 1. The number of hydrogen-bond acceptors (Lipinski definition) is 4. The van der Waals surface area contributed by atoms with Gasteiger partial charge in [-0.05, 0) is 19.3 Å². The van der Waals surface area contributed by atoms with E-state index >= 15 is 0 Å². The van der Waals surface area contributed by atoms with Crippen molar-refractivity contribution in [3.8, 4) is 0 Å². The van der Waals surface area contributed by atoms with Crippen LogP contribution in [0.15, 0.2) is 0 Å². The Hall–Kier alpha value is -1.44. The van der Waals surface area contributed by atoms with E-state index in [2.05, 4.69) is 5.32 Å². The van der Waals surface area contributed by atoms with Gasteiger partial charge in [0.1, 0.15) is 6.04 Å². The fourth-order valence-electron chi connectivity index (χ4n) is 2.56. The summed E-state index contributed by atoms with van der Waals surface area (Å²) in [6.07, 6.45) is 3.15. The third-order valence-electron chi connectivity index (χ3n) is 3.77. The summed E-state index contributed by atoms with van der Waals surface area (Å²) in [5.41, 5.74) is 0. The Balaban J connectivity index is 1.82. The zero-order chi connectivity index (χ0) is 15.2. The summed E-state index contributed by atoms with van der Waals surface area (Å²) >= 11 is 1.52. The largest absolute Gasteiger partial charge is 0.480 e. The van der Waals surface area contributed by atoms with Crippen molar-refractivity contribution in [1.82, 2.24) is 15.1 Å². The lowest BCUT2D eigenvalue weighted by atomic mass is 10.1. The number of likely N-dealkylation sites (tertiary alicyclic amines) is 1. The zero-order valence-corrected chi connectivity index (χ0v) is 12.7. The fourth-order valence-corrected chi connectivity index (χ4v) is 3.60. The van der Waals surface area contributed by atoms with Crippen LogP contribution in [0.5, 0.6) is 0 Å². The molecule has 2 N–H and O–H groups in total. The standard InChI is InChI=1S/C13H21N3O4S/c17-11(15-4-2-1-3-5-15)8-14-13(20)16-6-7-21-9-10(16)12(18)19/h10H,1-9H2,(H,14,20)(H,18,19). The first-order valence-corrected chi connectivity index (χ1v) is 8.38. The van der Waals surface area contributed by atoms with Crippen LogP contribution in [-0.2, 0) is 9.59 Å². The van der Waals surface area contributed by atoms with Crippen molar-refractivity contribution in [3.63, 3.8) is 0 Å². The van der Waals surface area contributed by atoms with Gasteiger partial charge in [0.15, 0.2) is 0 Å². The summed E-state index contributed by atoms with van der Waals surface area (Å²) < 4.78 is 0. The second-order valence-electron chi connectivity index (χ2n) is 5.22. The van der Waals surface area contributed by atoms with Crippen LogP contribution >= 0.6 is 11.8 Å². The molecule has 0 aromatic heterocycles. The Bertz CT molecular complexity index is 412. The lowest BCUT2D eigenvalue weighted by Gasteiger charge is -2.33. The van der Waals surface area contributed by atoms with E-state index in [1.165, 1.54) is 16.7 Å². The molecule has 7 nitrogen and oxygen atoms in total. The molecule has 0 spiro atoms. The number of carbonyl (C=O) groups is 3. The van der Waals surface area contributed by atoms with Crippen LogP contribution in [0.1, 0.15) is 19.3 Å². The van der Waals surface area contributed by atoms with Gasteiger partial charge in [-0.1, -0.05) is 0 Å². The molecule has 2 aliphatic rings. The van der Waals surface area contributed by atoms with Crippen molar-refractivity contribution in [2.24, 2.45) is 0 Å². The van der Waals surface area contributed by atoms with Gasteiger partial charge in [-0.3, -0.25) is 4.79 Å². The van der Waals surface area contributed by atoms with Crippen LogP contribution in [0.2, 0.25) is 0 Å². The maximum atomic E-state index is 12.1. The first-order valence-electron chi connectivity index (χ1n) is 7.22. The molecule has 2 fully saturated rings. The van der Waals surface area contributed by atoms with Gasteiger partial charge in [0.05, 0.1) is 6.54 Å². The number of carboxylic acids is 1. The number of hydrogen-bond donors (Lipinski definition) is 2. The Morgan fingerprint density at radius 2 is 1.86 bits per heavy atom. The van der Waals surface area contributed by atoms with E-state index in [0.29, 0.717) is 12.3 Å². The summed E-state index contributed by atoms with van der Waals surface area (Å²) in [5, 5.41) is 11.7. The van der Waals surface area contributed by atoms with Gasteiger partial charge in [0.2, 0.25) is 5.91 Å². The molecule has 118 valence electrons. The second-order valence-corrected chi connectivity index (χ2v) is 6.37. The monoisotopic (exact) mass is 315 g/mol. The van der Waals surface area contributed by atoms with E-state index in [-0.39, 0.29) is 12.5 Å². The number of amides is 3. The highest BCUT2D eigenvalue weighted by atomic mass is 32.2. The van der Waals surface area contributed by atoms with E-state index in [1.54, 1.807) is 4.90 Å². The predicted molar refractivity (Wildman–Crippen MR) is 79.3 cm³/mol. The molecular formula is C13H21N3O4S. The highest BCUT2D eigenvalue weighted by Gasteiger charge is 2.32. The maximum absolute atomic E-state index is 12.1. The van der Waals surface area contributed by atoms with Crippen molar-refractivity contribution >= 4 is 29.7 Å². The van der Waals surface area contributed by atoms with Crippen LogP contribution < -0.4 is 5.32 Å². The maximum Gasteiger partial charge on any atom is 0.327 e. The summed E-state index contributed by atoms with van der Waals surface area (Å²) in [6, 6.07) is -1.28. The highest BCUT2D eigenvalue weighted by Crippen LogP contribution is 2.16. The van der Waals surface area contributed by atoms with Crippen LogP contribution in [0.25, 0.3) is 0 Å². The molecule has 2 heterocycles. The molecule has 3 amide bonds. The second kappa shape index (κ2) is 7.53. The first kappa shape index (κ1) is 15.9. The quantitative estimate of drug-likeness (QED) is 0.777. The molecule has 0 aromatic carbocycles. The fraction of sp³-hybridized carbons (Fsp3) is 0.769. The van der Waals surface area contributed by atoms with Gasteiger partial charge in [-0.15, -0.1) is 0 Å². The van der Waals surface area contributed by atoms with Gasteiger partial charge >= 0.3 is 12.0 Å². The van der Waals surface area contributed by atoms with Gasteiger partial charge in [-0.2, -0.15) is 11.8 Å². The van der Waals surface area contributed by atoms with Crippen LogP contribution in [0.4, 0.5) is 4.79 Å². The highest BCUT2D eigenvalue weighted by molar-refractivity contribution is 7.99. The van der Waals surface area contributed by atoms with Gasteiger partial charge in [0.25, 0.3) is 0 Å². The number of nitrogens with one attached hydrogen (secondary N) is 1. The molecule has 0 saturated carbocycles. The van der Waals surface area contributed by atoms with E-state index in [1.807, 2.05) is 0 Å². The molecule has 1 atom stereocenters. The molecule has 2 saturated heterocycles. The van der Waals surface area contributed by atoms with E-state index in [0.717, 1.165) is 38.1 Å². The number of thioether (sulfide) groups is 1. The minimum Gasteiger partial charge on any atom is -0.480 e. The lowest BCUT2D eigenvalue weighted by molar-refractivity contribution is -0.141. The predicted octanol–water partition coefficient (Wildman–Crippen LogP) is 0.210. The Labute approximate surface area is 128 Å². The Morgan fingerprint density at radius 1 is 1.14 bits per heavy atom. The third kappa shape index (κ3) is 4.26. The summed E-state index contributed by atoms with van der Waals surface area (Å²) in [6.45, 7) is 1.82. The van der Waals surface area contributed by atoms with Crippen LogP contribution in [-0.4, -0.2) is 76.5 Å². The van der Waals surface area contributed by atoms with Crippen molar-refractivity contribution in [2.75, 3.05) is 37.7 Å². The first-order chi connectivity index (χ1) is 10.1. The van der Waals surface area contributed by atoms with Crippen molar-refractivity contribution in [2.45, 2.75) is 25.3 Å². The van der Waals surface area contributed by atoms with Gasteiger partial charge in [-0.25, -0.2) is 9.59 Å². The average molecular weight is 315 g/mol. The molecule has 0 radical (unpaired) electrons. The number of nitrogens with zero attached hydrogens (tertiary/aromatic N) is 2. The van der Waals surface area contributed by atoms with Crippen molar-refractivity contribution < 1.29 is 19.5 Å². The normalized spacial score (nSPS) is 22.8. The zero-order valence-electron chi connectivity index (χ0n) is 11.9. The third-order valence-corrected chi connectivity index (χ3v) is 4.80. The molecule has 0 bridgehead atoms. The smallest absolute Gasteiger partial charge is 0.327 e. The molecule has 21 heavy (non-hydrogen) atoms. The molecular weight excluding hydrogens is 294 g/mol. The SMILES string of the molecule is O=C(O)C1CSCCN1C(=O)NCC(=O)N1CCCCC1. The average Bonchev–Trinajstić information content (AvgIpc) is 2.53. The van der Waals surface area contributed by atoms with Crippen LogP contribution in [0, 0.1) is 0 Å². The number of rotatable bonds is 3. The minimum absolute atomic E-state index is 0.0607. The Kier molecular flexibility index (Phi) is 5.72. The van der Waals surface area contributed by atoms with Crippen LogP contribution in [0.3, 0.4) is 0 Å². The lowest BCUT2D eigenvalue weighted by Crippen LogP contribution is -2.55. The van der Waals surface area contributed by atoms with E-state index < -0.39 is 18.0 Å². The molecule has 2 aliphatic heterocycles. The van der Waals surface area contributed by atoms with Gasteiger partial charge in [0, 0.05) is 31.1 Å². The molecule has 8 heteroatoms. The number of carbonyl (C=O) groups excluding carboxylic acids is 2. The molecule has 2 rings (SSSR count). The Morgan fingerprint density at radius 3 is 2.52 bits per heavy atom. The number of urea groups is 1. The van der Waals surface area contributed by atoms with E-state index in [4.69, 9.17) is 5.11 Å². The molecule has 0 aliphatic carbocycles. The minimum atomic E-state index is -1.00. The topological polar surface area (TPSA) is 90.0 Å². The van der Waals surface area contributed by atoms with E-state index in [9.17, 15) is 14.4 Å². The van der Waals surface area contributed by atoms with Crippen molar-refractivity contribution in [3.05, 3.63) is 0 Å². The number of aliphatic carboxylic acids is 1. The van der Waals surface area contributed by atoms with Gasteiger partial charge < -0.3 is 20.2 Å². The molecule has 0 aromatic rings. The number of piperidine rings is 1. The summed E-state index contributed by atoms with van der Waals surface area (Å²) in [5.74, 6) is 0.0149. The molecule has 1 unspecified atom stereocenters. The summed E-state index contributed by atoms with van der Waals surface area (Å²) in [4.78, 5) is 38.3.